The van der Waals surface area contributed by atoms with Crippen LogP contribution >= 0.6 is 0 Å². The summed E-state index contributed by atoms with van der Waals surface area (Å²) in [6.45, 7) is 8.11. The van der Waals surface area contributed by atoms with E-state index in [1.807, 2.05) is 7.05 Å². The van der Waals surface area contributed by atoms with Gasteiger partial charge in [-0.05, 0) is 26.4 Å². The smallest absolute Gasteiger partial charge is 0.0590 e. The minimum Gasteiger partial charge on any atom is -0.380 e. The monoisotopic (exact) mass is 188 g/mol. The Morgan fingerprint density at radius 3 is 2.46 bits per heavy atom. The van der Waals surface area contributed by atoms with E-state index in [0.717, 1.165) is 32.7 Å². The van der Waals surface area contributed by atoms with Gasteiger partial charge in [0.2, 0.25) is 0 Å². The van der Waals surface area contributed by atoms with Crippen LogP contribution in [0, 0.1) is 0 Å². The van der Waals surface area contributed by atoms with Crippen LogP contribution < -0.4 is 10.6 Å². The maximum absolute atomic E-state index is 5.39. The van der Waals surface area contributed by atoms with Gasteiger partial charge >= 0.3 is 0 Å². The fourth-order valence-corrected chi connectivity index (χ4v) is 0.996. The van der Waals surface area contributed by atoms with Crippen molar-refractivity contribution in [2.75, 3.05) is 33.4 Å². The predicted octanol–water partition coefficient (Wildman–Crippen LogP) is 1.00. The lowest BCUT2D eigenvalue weighted by Crippen LogP contribution is -2.23. The number of unbranched alkanes of at least 4 members (excludes halogenated alkanes) is 1. The lowest BCUT2D eigenvalue weighted by Gasteiger charge is -2.07. The van der Waals surface area contributed by atoms with Gasteiger partial charge in [-0.15, -0.1) is 0 Å². The van der Waals surface area contributed by atoms with Crippen LogP contribution in [0.1, 0.15) is 26.7 Å². The van der Waals surface area contributed by atoms with Crippen molar-refractivity contribution in [2.45, 2.75) is 32.7 Å². The molecule has 80 valence electrons. The molecule has 0 spiro atoms. The quantitative estimate of drug-likeness (QED) is 0.530. The molecule has 0 saturated carbocycles. The van der Waals surface area contributed by atoms with Gasteiger partial charge in [0, 0.05) is 19.2 Å². The second-order valence-electron chi connectivity index (χ2n) is 3.53. The maximum atomic E-state index is 5.39. The van der Waals surface area contributed by atoms with Gasteiger partial charge in [-0.25, -0.2) is 0 Å². The number of rotatable bonds is 9. The fraction of sp³-hybridized carbons (Fsp3) is 1.00. The number of likely N-dealkylation sites (N-methyl/N-ethyl adjacent to an activating group) is 1. The first kappa shape index (κ1) is 12.9. The van der Waals surface area contributed by atoms with Crippen molar-refractivity contribution in [1.29, 1.82) is 0 Å². The van der Waals surface area contributed by atoms with E-state index in [1.54, 1.807) is 0 Å². The van der Waals surface area contributed by atoms with Crippen LogP contribution in [0.15, 0.2) is 0 Å². The van der Waals surface area contributed by atoms with Crippen molar-refractivity contribution in [2.24, 2.45) is 0 Å². The molecule has 0 unspecified atom stereocenters. The van der Waals surface area contributed by atoms with E-state index >= 15 is 0 Å². The van der Waals surface area contributed by atoms with E-state index in [0.29, 0.717) is 6.04 Å². The van der Waals surface area contributed by atoms with Gasteiger partial charge in [0.1, 0.15) is 0 Å². The summed E-state index contributed by atoms with van der Waals surface area (Å²) in [5.41, 5.74) is 0. The van der Waals surface area contributed by atoms with E-state index in [-0.39, 0.29) is 0 Å². The highest BCUT2D eigenvalue weighted by molar-refractivity contribution is 4.52. The molecular formula is C10H24N2O. The number of hydrogen-bond acceptors (Lipinski definition) is 3. The minimum atomic E-state index is 0.602. The topological polar surface area (TPSA) is 33.3 Å². The standard InChI is InChI=1S/C10H24N2O/c1-10(2)12-6-4-5-8-13-9-7-11-3/h10-12H,4-9H2,1-3H3. The summed E-state index contributed by atoms with van der Waals surface area (Å²) in [5, 5.41) is 6.43. The minimum absolute atomic E-state index is 0.602. The van der Waals surface area contributed by atoms with E-state index < -0.39 is 0 Å². The Hall–Kier alpha value is -0.120. The third-order valence-corrected chi connectivity index (χ3v) is 1.76. The second kappa shape index (κ2) is 9.96. The van der Waals surface area contributed by atoms with Crippen molar-refractivity contribution in [3.05, 3.63) is 0 Å². The summed E-state index contributed by atoms with van der Waals surface area (Å²) in [6.07, 6.45) is 2.36. The first-order valence-electron chi connectivity index (χ1n) is 5.23. The molecule has 2 N–H and O–H groups in total. The molecule has 13 heavy (non-hydrogen) atoms. The molecule has 0 aromatic carbocycles. The third-order valence-electron chi connectivity index (χ3n) is 1.76. The summed E-state index contributed by atoms with van der Waals surface area (Å²) >= 11 is 0. The lowest BCUT2D eigenvalue weighted by atomic mass is 10.3. The van der Waals surface area contributed by atoms with Crippen LogP contribution in [-0.4, -0.2) is 39.4 Å². The molecule has 0 aromatic rings. The fourth-order valence-electron chi connectivity index (χ4n) is 0.996. The zero-order valence-electron chi connectivity index (χ0n) is 9.23. The maximum Gasteiger partial charge on any atom is 0.0590 e. The van der Waals surface area contributed by atoms with Crippen molar-refractivity contribution in [3.8, 4) is 0 Å². The van der Waals surface area contributed by atoms with E-state index in [1.165, 1.54) is 6.42 Å². The lowest BCUT2D eigenvalue weighted by molar-refractivity contribution is 0.133. The largest absolute Gasteiger partial charge is 0.380 e. The molecule has 3 nitrogen and oxygen atoms in total. The van der Waals surface area contributed by atoms with E-state index in [2.05, 4.69) is 24.5 Å². The summed E-state index contributed by atoms with van der Waals surface area (Å²) in [7, 11) is 1.94. The van der Waals surface area contributed by atoms with E-state index in [4.69, 9.17) is 4.74 Å². The molecule has 0 aliphatic carbocycles. The van der Waals surface area contributed by atoms with Gasteiger partial charge in [0.25, 0.3) is 0 Å². The van der Waals surface area contributed by atoms with Crippen molar-refractivity contribution in [3.63, 3.8) is 0 Å². The molecular weight excluding hydrogens is 164 g/mol. The highest BCUT2D eigenvalue weighted by atomic mass is 16.5. The van der Waals surface area contributed by atoms with Gasteiger partial charge < -0.3 is 15.4 Å². The Bertz CT molecular complexity index is 96.9. The molecule has 0 saturated heterocycles. The van der Waals surface area contributed by atoms with Crippen LogP contribution in [-0.2, 0) is 4.74 Å². The Morgan fingerprint density at radius 1 is 1.08 bits per heavy atom. The van der Waals surface area contributed by atoms with Gasteiger partial charge in [-0.1, -0.05) is 13.8 Å². The third kappa shape index (κ3) is 11.9. The number of hydrogen-bond donors (Lipinski definition) is 2. The average molecular weight is 188 g/mol. The molecule has 0 bridgehead atoms. The molecule has 0 amide bonds. The van der Waals surface area contributed by atoms with Gasteiger partial charge in [-0.3, -0.25) is 0 Å². The molecule has 0 aliphatic rings. The molecule has 0 radical (unpaired) electrons. The molecule has 3 heteroatoms. The zero-order valence-corrected chi connectivity index (χ0v) is 9.23. The van der Waals surface area contributed by atoms with Crippen LogP contribution in [0.3, 0.4) is 0 Å². The summed E-state index contributed by atoms with van der Waals surface area (Å²) < 4.78 is 5.39. The summed E-state index contributed by atoms with van der Waals surface area (Å²) in [6, 6.07) is 0.602. The summed E-state index contributed by atoms with van der Waals surface area (Å²) in [5.74, 6) is 0. The highest BCUT2D eigenvalue weighted by Crippen LogP contribution is 1.89. The molecule has 0 rings (SSSR count). The van der Waals surface area contributed by atoms with Crippen molar-refractivity contribution < 1.29 is 4.74 Å². The molecule has 0 aromatic heterocycles. The van der Waals surface area contributed by atoms with E-state index in [9.17, 15) is 0 Å². The van der Waals surface area contributed by atoms with Gasteiger partial charge in [0.15, 0.2) is 0 Å². The Labute approximate surface area is 82.2 Å². The number of ether oxygens (including phenoxy) is 1. The first-order chi connectivity index (χ1) is 6.27. The number of nitrogens with one attached hydrogen (secondary N) is 2. The first-order valence-corrected chi connectivity index (χ1v) is 5.23. The summed E-state index contributed by atoms with van der Waals surface area (Å²) in [4.78, 5) is 0. The molecule has 0 heterocycles. The molecule has 0 aliphatic heterocycles. The van der Waals surface area contributed by atoms with Crippen molar-refractivity contribution in [1.82, 2.24) is 10.6 Å². The molecule has 0 atom stereocenters. The highest BCUT2D eigenvalue weighted by Gasteiger charge is 1.92. The zero-order chi connectivity index (χ0) is 9.94. The Balaban J connectivity index is 2.84. The van der Waals surface area contributed by atoms with Crippen LogP contribution in [0.2, 0.25) is 0 Å². The second-order valence-corrected chi connectivity index (χ2v) is 3.53. The van der Waals surface area contributed by atoms with Crippen LogP contribution in [0.5, 0.6) is 0 Å². The van der Waals surface area contributed by atoms with Gasteiger partial charge in [-0.2, -0.15) is 0 Å². The molecule has 0 fully saturated rings. The Morgan fingerprint density at radius 2 is 1.85 bits per heavy atom. The SMILES string of the molecule is CNCCOCCCCNC(C)C. The Kier molecular flexibility index (Phi) is 9.87. The average Bonchev–Trinajstić information content (AvgIpc) is 2.09. The van der Waals surface area contributed by atoms with Crippen LogP contribution in [0.25, 0.3) is 0 Å². The normalized spacial score (nSPS) is 11.1. The van der Waals surface area contributed by atoms with Crippen LogP contribution in [0.4, 0.5) is 0 Å². The predicted molar refractivity (Wildman–Crippen MR) is 57.1 cm³/mol. The van der Waals surface area contributed by atoms with Crippen molar-refractivity contribution >= 4 is 0 Å². The van der Waals surface area contributed by atoms with Gasteiger partial charge in [0.05, 0.1) is 6.61 Å².